The van der Waals surface area contributed by atoms with Gasteiger partial charge in [-0.25, -0.2) is 4.98 Å². The molecule has 0 radical (unpaired) electrons. The van der Waals surface area contributed by atoms with Gasteiger partial charge in [0, 0.05) is 18.4 Å². The largest absolute Gasteiger partial charge is 0.322 e. The smallest absolute Gasteiger partial charge is 0.114 e. The summed E-state index contributed by atoms with van der Waals surface area (Å²) >= 11 is 0. The van der Waals surface area contributed by atoms with E-state index in [1.54, 1.807) is 12.5 Å². The number of hydrogen-bond acceptors (Lipinski definition) is 2. The number of nitrogens with zero attached hydrogens (tertiary/aromatic N) is 2. The number of aromatic nitrogens is 2. The summed E-state index contributed by atoms with van der Waals surface area (Å²) in [5.41, 5.74) is 3.23. The van der Waals surface area contributed by atoms with E-state index in [1.807, 2.05) is 10.9 Å². The number of rotatable bonds is 3. The summed E-state index contributed by atoms with van der Waals surface area (Å²) in [6.45, 7) is 4.29. The Balaban J connectivity index is 2.40. The molecule has 1 aromatic rings. The molecule has 1 rings (SSSR count). The van der Waals surface area contributed by atoms with Crippen LogP contribution in [0.5, 0.6) is 0 Å². The van der Waals surface area contributed by atoms with Gasteiger partial charge < -0.3 is 5.43 Å². The maximum Gasteiger partial charge on any atom is 0.114 e. The lowest BCUT2D eigenvalue weighted by atomic mass is 10.3. The zero-order valence-corrected chi connectivity index (χ0v) is 6.41. The van der Waals surface area contributed by atoms with Crippen LogP contribution in [-0.4, -0.2) is 15.7 Å². The van der Waals surface area contributed by atoms with Crippen molar-refractivity contribution in [2.75, 3.05) is 5.43 Å². The fourth-order valence-electron chi connectivity index (χ4n) is 0.681. The molecule has 0 bridgehead atoms. The number of imidazole rings is 1. The fraction of sp³-hybridized carbons (Fsp3) is 0.571. The van der Waals surface area contributed by atoms with Crippen molar-refractivity contribution in [2.45, 2.75) is 26.3 Å². The van der Waals surface area contributed by atoms with Crippen LogP contribution in [-0.2, 0) is 0 Å². The van der Waals surface area contributed by atoms with Crippen LogP contribution in [0.2, 0.25) is 0 Å². The first-order valence-corrected chi connectivity index (χ1v) is 3.57. The molecule has 0 spiro atoms. The molecule has 0 saturated heterocycles. The molecule has 1 atom stereocenters. The van der Waals surface area contributed by atoms with Gasteiger partial charge in [0.2, 0.25) is 0 Å². The van der Waals surface area contributed by atoms with Crippen LogP contribution in [0.4, 0.5) is 0 Å². The molecular weight excluding hydrogens is 126 g/mol. The van der Waals surface area contributed by atoms with Gasteiger partial charge in [0.15, 0.2) is 0 Å². The summed E-state index contributed by atoms with van der Waals surface area (Å²) in [5, 5.41) is 0. The Kier molecular flexibility index (Phi) is 2.31. The second kappa shape index (κ2) is 3.25. The van der Waals surface area contributed by atoms with E-state index in [0.29, 0.717) is 6.04 Å². The molecule has 0 aliphatic heterocycles. The van der Waals surface area contributed by atoms with E-state index in [0.717, 1.165) is 6.42 Å². The minimum Gasteiger partial charge on any atom is -0.322 e. The van der Waals surface area contributed by atoms with Gasteiger partial charge >= 0.3 is 0 Å². The fourth-order valence-corrected chi connectivity index (χ4v) is 0.681. The van der Waals surface area contributed by atoms with Crippen molar-refractivity contribution in [3.63, 3.8) is 0 Å². The third-order valence-corrected chi connectivity index (χ3v) is 1.49. The van der Waals surface area contributed by atoms with Crippen LogP contribution in [0.15, 0.2) is 18.7 Å². The van der Waals surface area contributed by atoms with Crippen molar-refractivity contribution in [1.82, 2.24) is 9.66 Å². The highest BCUT2D eigenvalue weighted by atomic mass is 15.4. The zero-order valence-electron chi connectivity index (χ0n) is 6.41. The predicted molar refractivity (Wildman–Crippen MR) is 41.3 cm³/mol. The average Bonchev–Trinajstić information content (AvgIpc) is 2.40. The maximum atomic E-state index is 3.91. The molecule has 1 unspecified atom stereocenters. The minimum atomic E-state index is 0.509. The highest BCUT2D eigenvalue weighted by molar-refractivity contribution is 4.83. The van der Waals surface area contributed by atoms with Crippen LogP contribution in [0.1, 0.15) is 20.3 Å². The van der Waals surface area contributed by atoms with Gasteiger partial charge in [0.25, 0.3) is 0 Å². The quantitative estimate of drug-likeness (QED) is 0.682. The van der Waals surface area contributed by atoms with E-state index < -0.39 is 0 Å². The van der Waals surface area contributed by atoms with Gasteiger partial charge in [-0.2, -0.15) is 0 Å². The first-order chi connectivity index (χ1) is 4.83. The molecule has 56 valence electrons. The molecule has 10 heavy (non-hydrogen) atoms. The standard InChI is InChI=1S/C7H13N3/c1-3-7(2)9-10-5-4-8-6-10/h4-7,9H,3H2,1-2H3. The first-order valence-electron chi connectivity index (χ1n) is 3.57. The summed E-state index contributed by atoms with van der Waals surface area (Å²) in [6, 6.07) is 0.509. The second-order valence-corrected chi connectivity index (χ2v) is 2.41. The molecule has 3 heteroatoms. The number of hydrogen-bond donors (Lipinski definition) is 1. The van der Waals surface area contributed by atoms with Crippen LogP contribution in [0.25, 0.3) is 0 Å². The van der Waals surface area contributed by atoms with Crippen LogP contribution >= 0.6 is 0 Å². The maximum absolute atomic E-state index is 3.91. The monoisotopic (exact) mass is 139 g/mol. The van der Waals surface area contributed by atoms with Crippen molar-refractivity contribution < 1.29 is 0 Å². The topological polar surface area (TPSA) is 29.9 Å². The van der Waals surface area contributed by atoms with Crippen molar-refractivity contribution in [1.29, 1.82) is 0 Å². The third-order valence-electron chi connectivity index (χ3n) is 1.49. The molecule has 0 saturated carbocycles. The van der Waals surface area contributed by atoms with Gasteiger partial charge in [-0.3, -0.25) is 4.68 Å². The SMILES string of the molecule is CCC(C)Nn1ccnc1. The van der Waals surface area contributed by atoms with Crippen LogP contribution < -0.4 is 5.43 Å². The van der Waals surface area contributed by atoms with Gasteiger partial charge in [0.1, 0.15) is 6.33 Å². The summed E-state index contributed by atoms with van der Waals surface area (Å²) in [6.07, 6.45) is 6.53. The van der Waals surface area contributed by atoms with Gasteiger partial charge in [-0.05, 0) is 13.3 Å². The van der Waals surface area contributed by atoms with E-state index >= 15 is 0 Å². The van der Waals surface area contributed by atoms with Gasteiger partial charge in [-0.15, -0.1) is 0 Å². The van der Waals surface area contributed by atoms with E-state index in [2.05, 4.69) is 24.3 Å². The van der Waals surface area contributed by atoms with E-state index in [1.165, 1.54) is 0 Å². The third kappa shape index (κ3) is 1.76. The van der Waals surface area contributed by atoms with Crippen molar-refractivity contribution in [3.05, 3.63) is 18.7 Å². The Morgan fingerprint density at radius 2 is 2.50 bits per heavy atom. The first kappa shape index (κ1) is 7.12. The molecule has 1 N–H and O–H groups in total. The van der Waals surface area contributed by atoms with Crippen molar-refractivity contribution in [3.8, 4) is 0 Å². The van der Waals surface area contributed by atoms with Crippen molar-refractivity contribution >= 4 is 0 Å². The second-order valence-electron chi connectivity index (χ2n) is 2.41. The zero-order chi connectivity index (χ0) is 7.40. The molecule has 3 nitrogen and oxygen atoms in total. The summed E-state index contributed by atoms with van der Waals surface area (Å²) < 4.78 is 1.87. The Labute approximate surface area is 61.0 Å². The molecule has 0 aromatic carbocycles. The Bertz CT molecular complexity index is 169. The predicted octanol–water partition coefficient (Wildman–Crippen LogP) is 1.23. The van der Waals surface area contributed by atoms with Crippen LogP contribution in [0.3, 0.4) is 0 Å². The summed E-state index contributed by atoms with van der Waals surface area (Å²) in [5.74, 6) is 0. The van der Waals surface area contributed by atoms with Crippen LogP contribution in [0, 0.1) is 0 Å². The van der Waals surface area contributed by atoms with E-state index in [-0.39, 0.29) is 0 Å². The Morgan fingerprint density at radius 1 is 1.70 bits per heavy atom. The van der Waals surface area contributed by atoms with Crippen molar-refractivity contribution in [2.24, 2.45) is 0 Å². The molecule has 0 aliphatic rings. The van der Waals surface area contributed by atoms with E-state index in [4.69, 9.17) is 0 Å². The lowest BCUT2D eigenvalue weighted by Crippen LogP contribution is -2.22. The number of nitrogens with one attached hydrogen (secondary N) is 1. The molecule has 0 fully saturated rings. The molecule has 1 aromatic heterocycles. The van der Waals surface area contributed by atoms with Gasteiger partial charge in [-0.1, -0.05) is 6.92 Å². The molecule has 0 amide bonds. The molecule has 1 heterocycles. The average molecular weight is 139 g/mol. The normalized spacial score (nSPS) is 13.0. The Hall–Kier alpha value is -0.990. The summed E-state index contributed by atoms with van der Waals surface area (Å²) in [4.78, 5) is 3.91. The molecule has 0 aliphatic carbocycles. The lowest BCUT2D eigenvalue weighted by Gasteiger charge is -2.12. The Morgan fingerprint density at radius 3 is 3.00 bits per heavy atom. The van der Waals surface area contributed by atoms with Gasteiger partial charge in [0.05, 0.1) is 0 Å². The highest BCUT2D eigenvalue weighted by Crippen LogP contribution is 1.90. The molecular formula is C7H13N3. The minimum absolute atomic E-state index is 0.509. The highest BCUT2D eigenvalue weighted by Gasteiger charge is 1.94. The van der Waals surface area contributed by atoms with E-state index in [9.17, 15) is 0 Å². The summed E-state index contributed by atoms with van der Waals surface area (Å²) in [7, 11) is 0. The lowest BCUT2D eigenvalue weighted by molar-refractivity contribution is 0.664.